The lowest BCUT2D eigenvalue weighted by atomic mass is 10.3. The number of thioether (sulfide) groups is 1. The van der Waals surface area contributed by atoms with Crippen LogP contribution in [0, 0.1) is 0 Å². The molecule has 134 valence electrons. The van der Waals surface area contributed by atoms with Crippen LogP contribution in [-0.4, -0.2) is 27.8 Å². The second kappa shape index (κ2) is 8.10. The topological polar surface area (TPSA) is 56.2 Å². The Hall–Kier alpha value is -2.73. The molecule has 1 amide bonds. The third kappa shape index (κ3) is 3.75. The number of rotatable bonds is 7. The largest absolute Gasteiger partial charge is 0.495 e. The monoisotopic (exact) mass is 367 g/mol. The molecule has 0 aliphatic carbocycles. The number of ether oxygens (including phenoxy) is 1. The molecule has 0 spiro atoms. The molecule has 0 saturated heterocycles. The number of hydrogen-bond acceptors (Lipinski definition) is 4. The number of fused-ring (bicyclic) bond motifs is 1. The molecule has 3 aromatic rings. The molecule has 1 atom stereocenters. The Morgan fingerprint density at radius 1 is 1.31 bits per heavy atom. The van der Waals surface area contributed by atoms with E-state index in [1.807, 2.05) is 61.5 Å². The van der Waals surface area contributed by atoms with Gasteiger partial charge in [-0.05, 0) is 31.2 Å². The summed E-state index contributed by atoms with van der Waals surface area (Å²) in [7, 11) is 1.58. The fourth-order valence-corrected chi connectivity index (χ4v) is 3.58. The molecule has 0 aliphatic rings. The van der Waals surface area contributed by atoms with Gasteiger partial charge in [-0.15, -0.1) is 6.58 Å². The van der Waals surface area contributed by atoms with E-state index in [9.17, 15) is 4.79 Å². The average Bonchev–Trinajstić information content (AvgIpc) is 3.00. The van der Waals surface area contributed by atoms with Crippen molar-refractivity contribution >= 4 is 34.4 Å². The molecule has 3 rings (SSSR count). The van der Waals surface area contributed by atoms with E-state index in [2.05, 4.69) is 21.4 Å². The normalized spacial score (nSPS) is 11.9. The average molecular weight is 367 g/mol. The molecular formula is C20H21N3O2S. The number of para-hydroxylation sites is 4. The van der Waals surface area contributed by atoms with Crippen molar-refractivity contribution in [2.75, 3.05) is 12.4 Å². The van der Waals surface area contributed by atoms with Crippen molar-refractivity contribution in [2.45, 2.75) is 23.9 Å². The van der Waals surface area contributed by atoms with Crippen LogP contribution in [0.15, 0.2) is 66.3 Å². The molecule has 2 aromatic carbocycles. The molecule has 0 saturated carbocycles. The summed E-state index contributed by atoms with van der Waals surface area (Å²) in [6, 6.07) is 15.3. The minimum absolute atomic E-state index is 0.100. The molecule has 5 nitrogen and oxygen atoms in total. The Kier molecular flexibility index (Phi) is 5.63. The third-order valence-electron chi connectivity index (χ3n) is 3.95. The number of nitrogens with zero attached hydrogens (tertiary/aromatic N) is 2. The number of amides is 1. The van der Waals surface area contributed by atoms with Gasteiger partial charge in [0.1, 0.15) is 5.75 Å². The van der Waals surface area contributed by atoms with Gasteiger partial charge in [-0.3, -0.25) is 4.79 Å². The number of carbonyl (C=O) groups excluding carboxylic acids is 1. The second-order valence-corrected chi connectivity index (χ2v) is 7.04. The molecule has 1 N–H and O–H groups in total. The van der Waals surface area contributed by atoms with Gasteiger partial charge in [0.05, 0.1) is 29.1 Å². The first-order valence-corrected chi connectivity index (χ1v) is 9.18. The SMILES string of the molecule is C=CCn1c(S[C@H](C)C(=O)Nc2ccccc2OC)nc2ccccc21. The van der Waals surface area contributed by atoms with Crippen molar-refractivity contribution in [1.82, 2.24) is 9.55 Å². The van der Waals surface area contributed by atoms with E-state index in [1.54, 1.807) is 7.11 Å². The zero-order chi connectivity index (χ0) is 18.5. The molecule has 26 heavy (non-hydrogen) atoms. The van der Waals surface area contributed by atoms with Gasteiger partial charge in [-0.25, -0.2) is 4.98 Å². The van der Waals surface area contributed by atoms with Crippen LogP contribution in [0.2, 0.25) is 0 Å². The highest BCUT2D eigenvalue weighted by atomic mass is 32.2. The minimum Gasteiger partial charge on any atom is -0.495 e. The quantitative estimate of drug-likeness (QED) is 0.498. The van der Waals surface area contributed by atoms with E-state index >= 15 is 0 Å². The van der Waals surface area contributed by atoms with Crippen molar-refractivity contribution in [3.8, 4) is 5.75 Å². The number of nitrogens with one attached hydrogen (secondary N) is 1. The Morgan fingerprint density at radius 3 is 2.81 bits per heavy atom. The molecule has 0 aliphatic heterocycles. The number of anilines is 1. The van der Waals surface area contributed by atoms with Crippen LogP contribution in [0.25, 0.3) is 11.0 Å². The van der Waals surface area contributed by atoms with E-state index in [0.717, 1.165) is 16.2 Å². The van der Waals surface area contributed by atoms with E-state index in [4.69, 9.17) is 4.74 Å². The Balaban J connectivity index is 1.80. The summed E-state index contributed by atoms with van der Waals surface area (Å²) in [5.41, 5.74) is 2.61. The first-order chi connectivity index (χ1) is 12.6. The molecule has 0 radical (unpaired) electrons. The van der Waals surface area contributed by atoms with Crippen LogP contribution in [0.1, 0.15) is 6.92 Å². The predicted octanol–water partition coefficient (Wildman–Crippen LogP) is 4.35. The maximum Gasteiger partial charge on any atom is 0.237 e. The minimum atomic E-state index is -0.319. The fraction of sp³-hybridized carbons (Fsp3) is 0.200. The third-order valence-corrected chi connectivity index (χ3v) is 5.04. The van der Waals surface area contributed by atoms with Gasteiger partial charge < -0.3 is 14.6 Å². The molecule has 1 heterocycles. The summed E-state index contributed by atoms with van der Waals surface area (Å²) >= 11 is 1.43. The molecule has 6 heteroatoms. The summed E-state index contributed by atoms with van der Waals surface area (Å²) in [5.74, 6) is 0.536. The van der Waals surface area contributed by atoms with E-state index in [-0.39, 0.29) is 11.2 Å². The first-order valence-electron chi connectivity index (χ1n) is 8.30. The maximum atomic E-state index is 12.6. The van der Waals surface area contributed by atoms with Crippen LogP contribution in [-0.2, 0) is 11.3 Å². The Morgan fingerprint density at radius 2 is 2.04 bits per heavy atom. The standard InChI is InChI=1S/C20H21N3O2S/c1-4-13-23-17-11-7-5-9-15(17)22-20(23)26-14(2)19(24)21-16-10-6-8-12-18(16)25-3/h4-12,14H,1,13H2,2-3H3,(H,21,24)/t14-/m1/s1. The van der Waals surface area contributed by atoms with Gasteiger partial charge in [-0.1, -0.05) is 42.1 Å². The summed E-state index contributed by atoms with van der Waals surface area (Å²) in [5, 5.41) is 3.41. The lowest BCUT2D eigenvalue weighted by Crippen LogP contribution is -2.23. The van der Waals surface area contributed by atoms with Crippen LogP contribution < -0.4 is 10.1 Å². The van der Waals surface area contributed by atoms with Crippen LogP contribution in [0.5, 0.6) is 5.75 Å². The first kappa shape index (κ1) is 18.1. The Labute approximate surface area is 157 Å². The highest BCUT2D eigenvalue weighted by Crippen LogP contribution is 2.29. The van der Waals surface area contributed by atoms with Crippen LogP contribution >= 0.6 is 11.8 Å². The zero-order valence-electron chi connectivity index (χ0n) is 14.8. The van der Waals surface area contributed by atoms with Crippen molar-refractivity contribution < 1.29 is 9.53 Å². The van der Waals surface area contributed by atoms with Gasteiger partial charge in [-0.2, -0.15) is 0 Å². The number of imidazole rings is 1. The van der Waals surface area contributed by atoms with Gasteiger partial charge in [0.25, 0.3) is 0 Å². The van der Waals surface area contributed by atoms with Gasteiger partial charge in [0.2, 0.25) is 5.91 Å². The van der Waals surface area contributed by atoms with Crippen molar-refractivity contribution in [3.05, 3.63) is 61.2 Å². The fourth-order valence-electron chi connectivity index (χ4n) is 2.64. The lowest BCUT2D eigenvalue weighted by Gasteiger charge is -2.14. The van der Waals surface area contributed by atoms with Gasteiger partial charge in [0.15, 0.2) is 5.16 Å². The number of carbonyl (C=O) groups is 1. The summed E-state index contributed by atoms with van der Waals surface area (Å²) in [6.45, 7) is 6.33. The molecular weight excluding hydrogens is 346 g/mol. The maximum absolute atomic E-state index is 12.6. The molecule has 0 bridgehead atoms. The van der Waals surface area contributed by atoms with E-state index in [0.29, 0.717) is 18.0 Å². The summed E-state index contributed by atoms with van der Waals surface area (Å²) < 4.78 is 7.36. The highest BCUT2D eigenvalue weighted by molar-refractivity contribution is 8.00. The molecule has 0 fully saturated rings. The van der Waals surface area contributed by atoms with Crippen molar-refractivity contribution in [1.29, 1.82) is 0 Å². The number of benzene rings is 2. The smallest absolute Gasteiger partial charge is 0.237 e. The van der Waals surface area contributed by atoms with Gasteiger partial charge in [0, 0.05) is 6.54 Å². The number of aromatic nitrogens is 2. The van der Waals surface area contributed by atoms with Crippen LogP contribution in [0.3, 0.4) is 0 Å². The molecule has 1 aromatic heterocycles. The van der Waals surface area contributed by atoms with E-state index in [1.165, 1.54) is 11.8 Å². The predicted molar refractivity (Wildman–Crippen MR) is 107 cm³/mol. The summed E-state index contributed by atoms with van der Waals surface area (Å²) in [6.07, 6.45) is 1.83. The Bertz CT molecular complexity index is 936. The second-order valence-electron chi connectivity index (χ2n) is 5.73. The molecule has 0 unspecified atom stereocenters. The zero-order valence-corrected chi connectivity index (χ0v) is 15.6. The number of allylic oxidation sites excluding steroid dienone is 1. The van der Waals surface area contributed by atoms with Crippen molar-refractivity contribution in [3.63, 3.8) is 0 Å². The van der Waals surface area contributed by atoms with E-state index < -0.39 is 0 Å². The lowest BCUT2D eigenvalue weighted by molar-refractivity contribution is -0.115. The van der Waals surface area contributed by atoms with Gasteiger partial charge >= 0.3 is 0 Å². The highest BCUT2D eigenvalue weighted by Gasteiger charge is 2.20. The summed E-state index contributed by atoms with van der Waals surface area (Å²) in [4.78, 5) is 17.3. The van der Waals surface area contributed by atoms with Crippen LogP contribution in [0.4, 0.5) is 5.69 Å². The van der Waals surface area contributed by atoms with Crippen molar-refractivity contribution in [2.24, 2.45) is 0 Å². The number of methoxy groups -OCH3 is 1. The number of hydrogen-bond donors (Lipinski definition) is 1.